The predicted octanol–water partition coefficient (Wildman–Crippen LogP) is 4.81. The third kappa shape index (κ3) is 4.58. The number of nitrogens with one attached hydrogen (secondary N) is 1. The van der Waals surface area contributed by atoms with Gasteiger partial charge in [0.05, 0.1) is 10.5 Å². The molecule has 0 amide bonds. The number of sulfonamides is 1. The summed E-state index contributed by atoms with van der Waals surface area (Å²) in [4.78, 5) is 3.53. The van der Waals surface area contributed by atoms with Gasteiger partial charge in [0, 0.05) is 18.4 Å². The molecule has 0 spiro atoms. The molecule has 3 aromatic rings. The highest BCUT2D eigenvalue weighted by molar-refractivity contribution is 7.89. The minimum atomic E-state index is -4.62. The second kappa shape index (κ2) is 7.73. The number of halogens is 3. The summed E-state index contributed by atoms with van der Waals surface area (Å²) in [5.74, 6) is 0. The first-order valence-electron chi connectivity index (χ1n) is 8.37. The molecule has 0 radical (unpaired) electrons. The summed E-state index contributed by atoms with van der Waals surface area (Å²) in [6.07, 6.45) is -1.31. The van der Waals surface area contributed by atoms with E-state index in [4.69, 9.17) is 0 Å². The fraction of sp³-hybridized carbons (Fsp3) is 0.150. The predicted molar refractivity (Wildman–Crippen MR) is 99.9 cm³/mol. The lowest BCUT2D eigenvalue weighted by molar-refractivity contribution is -0.137. The number of nitrogens with zero attached hydrogens (tertiary/aromatic N) is 1. The highest BCUT2D eigenvalue weighted by atomic mass is 32.2. The highest BCUT2D eigenvalue weighted by Gasteiger charge is 2.32. The van der Waals surface area contributed by atoms with Gasteiger partial charge in [0.25, 0.3) is 0 Å². The third-order valence-electron chi connectivity index (χ3n) is 4.20. The largest absolute Gasteiger partial charge is 0.416 e. The first-order chi connectivity index (χ1) is 13.2. The van der Waals surface area contributed by atoms with Crippen LogP contribution in [0.4, 0.5) is 13.2 Å². The molecule has 1 heterocycles. The molecule has 8 heteroatoms. The number of hydrogen-bond acceptors (Lipinski definition) is 3. The van der Waals surface area contributed by atoms with Gasteiger partial charge in [-0.15, -0.1) is 0 Å². The standard InChI is InChI=1S/C20H17F3N2O2S/c1-14(16-4-2-5-17(12-16)15-8-10-24-11-9-15)25-28(26,27)19-7-3-6-18(13-19)20(21,22)23/h2-14,25H,1H3/t14-/m1/s1. The number of benzene rings is 2. The monoisotopic (exact) mass is 406 g/mol. The molecule has 28 heavy (non-hydrogen) atoms. The molecular weight excluding hydrogens is 389 g/mol. The zero-order valence-electron chi connectivity index (χ0n) is 14.8. The van der Waals surface area contributed by atoms with Gasteiger partial charge in [0.15, 0.2) is 0 Å². The molecule has 1 aromatic heterocycles. The van der Waals surface area contributed by atoms with E-state index in [1.165, 1.54) is 0 Å². The molecule has 0 aliphatic rings. The Hall–Kier alpha value is -2.71. The van der Waals surface area contributed by atoms with E-state index >= 15 is 0 Å². The molecule has 2 aromatic carbocycles. The zero-order valence-corrected chi connectivity index (χ0v) is 15.6. The van der Waals surface area contributed by atoms with E-state index in [1.54, 1.807) is 31.5 Å². The van der Waals surface area contributed by atoms with Gasteiger partial charge in [-0.25, -0.2) is 13.1 Å². The van der Waals surface area contributed by atoms with Gasteiger partial charge < -0.3 is 0 Å². The molecule has 0 saturated heterocycles. The Morgan fingerprint density at radius 3 is 2.29 bits per heavy atom. The van der Waals surface area contributed by atoms with Crippen molar-refractivity contribution in [1.29, 1.82) is 0 Å². The lowest BCUT2D eigenvalue weighted by Crippen LogP contribution is -2.27. The number of aromatic nitrogens is 1. The quantitative estimate of drug-likeness (QED) is 0.662. The van der Waals surface area contributed by atoms with E-state index in [0.29, 0.717) is 11.6 Å². The van der Waals surface area contributed by atoms with Gasteiger partial charge in [-0.2, -0.15) is 13.2 Å². The van der Waals surface area contributed by atoms with Crippen LogP contribution in [0.1, 0.15) is 24.1 Å². The zero-order chi connectivity index (χ0) is 20.4. The molecule has 146 valence electrons. The number of rotatable bonds is 5. The fourth-order valence-electron chi connectivity index (χ4n) is 2.74. The maximum atomic E-state index is 12.9. The Morgan fingerprint density at radius 2 is 1.61 bits per heavy atom. The number of hydrogen-bond donors (Lipinski definition) is 1. The van der Waals surface area contributed by atoms with Crippen molar-refractivity contribution >= 4 is 10.0 Å². The molecule has 0 bridgehead atoms. The van der Waals surface area contributed by atoms with Crippen LogP contribution in [0.25, 0.3) is 11.1 Å². The van der Waals surface area contributed by atoms with Crippen LogP contribution in [-0.4, -0.2) is 13.4 Å². The summed E-state index contributed by atoms with van der Waals surface area (Å²) in [5.41, 5.74) is 1.47. The third-order valence-corrected chi connectivity index (χ3v) is 5.74. The highest BCUT2D eigenvalue weighted by Crippen LogP contribution is 2.31. The summed E-state index contributed by atoms with van der Waals surface area (Å²) in [6.45, 7) is 1.64. The molecular formula is C20H17F3N2O2S. The van der Waals surface area contributed by atoms with E-state index in [2.05, 4.69) is 9.71 Å². The first kappa shape index (κ1) is 20.0. The van der Waals surface area contributed by atoms with Crippen LogP contribution < -0.4 is 4.72 Å². The SMILES string of the molecule is C[C@@H](NS(=O)(=O)c1cccc(C(F)(F)F)c1)c1cccc(-c2ccncc2)c1. The van der Waals surface area contributed by atoms with Crippen LogP contribution in [0.3, 0.4) is 0 Å². The number of alkyl halides is 3. The van der Waals surface area contributed by atoms with Gasteiger partial charge in [-0.3, -0.25) is 4.98 Å². The maximum absolute atomic E-state index is 12.9. The normalized spacial score (nSPS) is 13.3. The van der Waals surface area contributed by atoms with E-state index < -0.39 is 32.7 Å². The van der Waals surface area contributed by atoms with Crippen molar-refractivity contribution in [2.75, 3.05) is 0 Å². The van der Waals surface area contributed by atoms with Gasteiger partial charge in [0.2, 0.25) is 10.0 Å². The molecule has 0 aliphatic carbocycles. The van der Waals surface area contributed by atoms with E-state index in [0.717, 1.165) is 29.3 Å². The molecule has 3 rings (SSSR count). The van der Waals surface area contributed by atoms with Gasteiger partial charge in [-0.1, -0.05) is 24.3 Å². The Labute approximate surface area is 161 Å². The molecule has 1 N–H and O–H groups in total. The molecule has 0 aliphatic heterocycles. The van der Waals surface area contributed by atoms with Gasteiger partial charge in [0.1, 0.15) is 0 Å². The summed E-state index contributed by atoms with van der Waals surface area (Å²) >= 11 is 0. The van der Waals surface area contributed by atoms with Crippen molar-refractivity contribution in [3.8, 4) is 11.1 Å². The molecule has 4 nitrogen and oxygen atoms in total. The van der Waals surface area contributed by atoms with Gasteiger partial charge >= 0.3 is 6.18 Å². The second-order valence-electron chi connectivity index (χ2n) is 6.23. The summed E-state index contributed by atoms with van der Waals surface area (Å²) in [6, 6.07) is 14.0. The lowest BCUT2D eigenvalue weighted by atomic mass is 10.0. The minimum Gasteiger partial charge on any atom is -0.265 e. The molecule has 0 fully saturated rings. The van der Waals surface area contributed by atoms with Crippen LogP contribution in [0.15, 0.2) is 78.0 Å². The van der Waals surface area contributed by atoms with E-state index in [9.17, 15) is 21.6 Å². The Kier molecular flexibility index (Phi) is 5.53. The van der Waals surface area contributed by atoms with Crippen LogP contribution in [-0.2, 0) is 16.2 Å². The van der Waals surface area contributed by atoms with Crippen LogP contribution in [0.5, 0.6) is 0 Å². The second-order valence-corrected chi connectivity index (χ2v) is 7.94. The van der Waals surface area contributed by atoms with Gasteiger partial charge in [-0.05, 0) is 60.0 Å². The number of pyridine rings is 1. The lowest BCUT2D eigenvalue weighted by Gasteiger charge is -2.16. The van der Waals surface area contributed by atoms with Crippen molar-refractivity contribution in [1.82, 2.24) is 9.71 Å². The molecule has 0 saturated carbocycles. The summed E-state index contributed by atoms with van der Waals surface area (Å²) in [7, 11) is -4.13. The minimum absolute atomic E-state index is 0.431. The Balaban J connectivity index is 1.86. The van der Waals surface area contributed by atoms with Crippen molar-refractivity contribution in [3.05, 3.63) is 84.2 Å². The first-order valence-corrected chi connectivity index (χ1v) is 9.85. The van der Waals surface area contributed by atoms with Crippen molar-refractivity contribution in [3.63, 3.8) is 0 Å². The average molecular weight is 406 g/mol. The van der Waals surface area contributed by atoms with E-state index in [-0.39, 0.29) is 0 Å². The van der Waals surface area contributed by atoms with Crippen molar-refractivity contribution in [2.45, 2.75) is 24.0 Å². The molecule has 0 unspecified atom stereocenters. The topological polar surface area (TPSA) is 59.1 Å². The Bertz CT molecular complexity index is 1070. The van der Waals surface area contributed by atoms with E-state index in [1.807, 2.05) is 24.3 Å². The van der Waals surface area contributed by atoms with Crippen molar-refractivity contribution in [2.24, 2.45) is 0 Å². The maximum Gasteiger partial charge on any atom is 0.416 e. The smallest absolute Gasteiger partial charge is 0.265 e. The van der Waals surface area contributed by atoms with Crippen LogP contribution >= 0.6 is 0 Å². The summed E-state index contributed by atoms with van der Waals surface area (Å²) in [5, 5.41) is 0. The average Bonchev–Trinajstić information content (AvgIpc) is 2.68. The molecule has 1 atom stereocenters. The summed E-state index contributed by atoms with van der Waals surface area (Å²) < 4.78 is 66.2. The Morgan fingerprint density at radius 1 is 0.929 bits per heavy atom. The van der Waals surface area contributed by atoms with Crippen LogP contribution in [0.2, 0.25) is 0 Å². The van der Waals surface area contributed by atoms with Crippen LogP contribution in [0, 0.1) is 0 Å². The fourth-order valence-corrected chi connectivity index (χ4v) is 4.02. The van der Waals surface area contributed by atoms with Crippen molar-refractivity contribution < 1.29 is 21.6 Å².